The smallest absolute Gasteiger partial charge is 0.319 e. The van der Waals surface area contributed by atoms with Crippen molar-refractivity contribution in [3.05, 3.63) is 29.3 Å². The van der Waals surface area contributed by atoms with Gasteiger partial charge >= 0.3 is 6.03 Å². The van der Waals surface area contributed by atoms with Crippen molar-refractivity contribution in [1.29, 1.82) is 0 Å². The number of benzene rings is 1. The first-order valence-corrected chi connectivity index (χ1v) is 11.0. The number of nitrogens with one attached hydrogen (secondary N) is 2. The minimum absolute atomic E-state index is 0.00336. The molecule has 3 rings (SSSR count). The Balaban J connectivity index is 1.58. The van der Waals surface area contributed by atoms with E-state index >= 15 is 0 Å². The van der Waals surface area contributed by atoms with E-state index < -0.39 is 6.04 Å². The summed E-state index contributed by atoms with van der Waals surface area (Å²) >= 11 is 5.89. The lowest BCUT2D eigenvalue weighted by molar-refractivity contribution is -0.137. The quantitative estimate of drug-likeness (QED) is 0.774. The molecule has 2 N–H and O–H groups in total. The van der Waals surface area contributed by atoms with Gasteiger partial charge in [-0.2, -0.15) is 0 Å². The first kappa shape index (κ1) is 21.9. The molecule has 1 aromatic carbocycles. The number of likely N-dealkylation sites (tertiary alicyclic amines) is 2. The van der Waals surface area contributed by atoms with E-state index in [-0.39, 0.29) is 17.4 Å². The molecule has 0 spiro atoms. The highest BCUT2D eigenvalue weighted by Gasteiger charge is 2.37. The topological polar surface area (TPSA) is 64.7 Å². The van der Waals surface area contributed by atoms with Crippen LogP contribution in [0.2, 0.25) is 5.02 Å². The predicted molar refractivity (Wildman–Crippen MR) is 117 cm³/mol. The number of carbonyl (C=O) groups excluding carboxylic acids is 2. The summed E-state index contributed by atoms with van der Waals surface area (Å²) in [6.45, 7) is 9.84. The molecule has 6 nitrogen and oxygen atoms in total. The molecule has 3 amide bonds. The molecule has 2 heterocycles. The van der Waals surface area contributed by atoms with Crippen LogP contribution in [0, 0.1) is 5.41 Å². The van der Waals surface area contributed by atoms with E-state index in [0.29, 0.717) is 16.8 Å². The zero-order chi connectivity index (χ0) is 21.0. The fraction of sp³-hybridized carbons (Fsp3) is 0.636. The fourth-order valence-electron chi connectivity index (χ4n) is 4.22. The van der Waals surface area contributed by atoms with E-state index in [1.807, 2.05) is 25.7 Å². The minimum Gasteiger partial charge on any atom is -0.341 e. The number of urea groups is 1. The molecule has 2 saturated heterocycles. The second kappa shape index (κ2) is 9.35. The van der Waals surface area contributed by atoms with Crippen molar-refractivity contribution in [2.24, 2.45) is 5.41 Å². The number of piperidine rings is 1. The Kier molecular flexibility index (Phi) is 7.06. The molecule has 2 aliphatic heterocycles. The molecule has 1 aromatic rings. The van der Waals surface area contributed by atoms with Crippen molar-refractivity contribution >= 4 is 29.2 Å². The monoisotopic (exact) mass is 420 g/mol. The number of anilines is 1. The zero-order valence-corrected chi connectivity index (χ0v) is 18.5. The van der Waals surface area contributed by atoms with Crippen molar-refractivity contribution < 1.29 is 9.59 Å². The lowest BCUT2D eigenvalue weighted by Gasteiger charge is -2.40. The van der Waals surface area contributed by atoms with Gasteiger partial charge in [-0.15, -0.1) is 0 Å². The van der Waals surface area contributed by atoms with Gasteiger partial charge in [0.05, 0.1) is 0 Å². The highest BCUT2D eigenvalue weighted by atomic mass is 35.5. The van der Waals surface area contributed by atoms with Crippen LogP contribution < -0.4 is 10.6 Å². The second-order valence-corrected chi connectivity index (χ2v) is 9.64. The van der Waals surface area contributed by atoms with E-state index in [9.17, 15) is 9.59 Å². The summed E-state index contributed by atoms with van der Waals surface area (Å²) in [6.07, 6.45) is 4.61. The normalized spacial score (nSPS) is 19.8. The van der Waals surface area contributed by atoms with Crippen LogP contribution in [0.1, 0.15) is 46.5 Å². The molecule has 0 unspecified atom stereocenters. The summed E-state index contributed by atoms with van der Waals surface area (Å²) in [5.41, 5.74) is 0.249. The summed E-state index contributed by atoms with van der Waals surface area (Å²) in [5, 5.41) is 6.29. The van der Waals surface area contributed by atoms with Crippen LogP contribution in [0.4, 0.5) is 10.5 Å². The highest BCUT2D eigenvalue weighted by Crippen LogP contribution is 2.25. The summed E-state index contributed by atoms with van der Waals surface area (Å²) in [7, 11) is 0. The van der Waals surface area contributed by atoms with E-state index in [0.717, 1.165) is 25.9 Å². The van der Waals surface area contributed by atoms with Crippen LogP contribution in [-0.2, 0) is 4.79 Å². The van der Waals surface area contributed by atoms with Crippen molar-refractivity contribution in [3.63, 3.8) is 0 Å². The van der Waals surface area contributed by atoms with Gasteiger partial charge < -0.3 is 20.4 Å². The van der Waals surface area contributed by atoms with E-state index in [2.05, 4.69) is 15.5 Å². The molecular formula is C22H33ClN4O2. The first-order valence-electron chi connectivity index (χ1n) is 10.6. The molecule has 29 heavy (non-hydrogen) atoms. The van der Waals surface area contributed by atoms with E-state index in [4.69, 9.17) is 11.6 Å². The van der Waals surface area contributed by atoms with E-state index in [1.165, 1.54) is 25.9 Å². The number of halogens is 1. The van der Waals surface area contributed by atoms with Crippen LogP contribution in [0.5, 0.6) is 0 Å². The van der Waals surface area contributed by atoms with Gasteiger partial charge in [-0.05, 0) is 68.5 Å². The third-order valence-corrected chi connectivity index (χ3v) is 6.18. The molecular weight excluding hydrogens is 388 g/mol. The Morgan fingerprint density at radius 3 is 2.17 bits per heavy atom. The molecule has 0 aliphatic carbocycles. The maximum absolute atomic E-state index is 13.3. The zero-order valence-electron chi connectivity index (χ0n) is 17.7. The van der Waals surface area contributed by atoms with Crippen LogP contribution in [0.25, 0.3) is 0 Å². The number of hydrogen-bond donors (Lipinski definition) is 2. The van der Waals surface area contributed by atoms with Crippen molar-refractivity contribution in [3.8, 4) is 0 Å². The molecule has 0 bridgehead atoms. The van der Waals surface area contributed by atoms with Gasteiger partial charge in [0, 0.05) is 29.8 Å². The fourth-order valence-corrected chi connectivity index (χ4v) is 4.35. The van der Waals surface area contributed by atoms with Crippen LogP contribution in [0.3, 0.4) is 0 Å². The molecule has 1 atom stereocenters. The SMILES string of the molecule is CC(C)(C)[C@@H](NC(=O)Nc1ccc(Cl)cc1)C(=O)N1CCC(N2CCCC2)CC1. The Morgan fingerprint density at radius 2 is 1.62 bits per heavy atom. The summed E-state index contributed by atoms with van der Waals surface area (Å²) in [6, 6.07) is 6.53. The van der Waals surface area contributed by atoms with Gasteiger partial charge in [-0.3, -0.25) is 4.79 Å². The molecule has 0 radical (unpaired) electrons. The highest BCUT2D eigenvalue weighted by molar-refractivity contribution is 6.30. The lowest BCUT2D eigenvalue weighted by Crippen LogP contribution is -2.57. The molecule has 0 saturated carbocycles. The lowest BCUT2D eigenvalue weighted by atomic mass is 9.85. The van der Waals surface area contributed by atoms with Crippen molar-refractivity contribution in [2.75, 3.05) is 31.5 Å². The van der Waals surface area contributed by atoms with Crippen LogP contribution in [-0.4, -0.2) is 60.0 Å². The summed E-state index contributed by atoms with van der Waals surface area (Å²) < 4.78 is 0. The van der Waals surface area contributed by atoms with Crippen LogP contribution >= 0.6 is 11.6 Å². The Hall–Kier alpha value is -1.79. The maximum atomic E-state index is 13.3. The average Bonchev–Trinajstić information content (AvgIpc) is 3.21. The predicted octanol–water partition coefficient (Wildman–Crippen LogP) is 3.96. The Labute approximate surface area is 179 Å². The molecule has 2 aliphatic rings. The van der Waals surface area contributed by atoms with Crippen molar-refractivity contribution in [1.82, 2.24) is 15.1 Å². The number of carbonyl (C=O) groups is 2. The van der Waals surface area contributed by atoms with Gasteiger partial charge in [0.1, 0.15) is 6.04 Å². The van der Waals surface area contributed by atoms with Gasteiger partial charge in [0.2, 0.25) is 5.91 Å². The maximum Gasteiger partial charge on any atom is 0.319 e. The Bertz CT molecular complexity index is 703. The van der Waals surface area contributed by atoms with Gasteiger partial charge in [-0.1, -0.05) is 32.4 Å². The van der Waals surface area contributed by atoms with Crippen LogP contribution in [0.15, 0.2) is 24.3 Å². The molecule has 7 heteroatoms. The third-order valence-electron chi connectivity index (χ3n) is 5.92. The second-order valence-electron chi connectivity index (χ2n) is 9.20. The van der Waals surface area contributed by atoms with Gasteiger partial charge in [-0.25, -0.2) is 4.79 Å². The third kappa shape index (κ3) is 5.86. The standard InChI is InChI=1S/C22H33ClN4O2/c1-22(2,3)19(25-21(29)24-17-8-6-16(23)7-9-17)20(28)27-14-10-18(11-15-27)26-12-4-5-13-26/h6-9,18-19H,4-5,10-15H2,1-3H3,(H2,24,25,29)/t19-/m0/s1. The van der Waals surface area contributed by atoms with E-state index in [1.54, 1.807) is 24.3 Å². The largest absolute Gasteiger partial charge is 0.341 e. The number of hydrogen-bond acceptors (Lipinski definition) is 3. The first-order chi connectivity index (χ1) is 13.7. The minimum atomic E-state index is -0.585. The van der Waals surface area contributed by atoms with Gasteiger partial charge in [0.15, 0.2) is 0 Å². The molecule has 0 aromatic heterocycles. The van der Waals surface area contributed by atoms with Gasteiger partial charge in [0.25, 0.3) is 0 Å². The Morgan fingerprint density at radius 1 is 1.03 bits per heavy atom. The number of amides is 3. The average molecular weight is 421 g/mol. The molecule has 2 fully saturated rings. The number of nitrogens with zero attached hydrogens (tertiary/aromatic N) is 2. The summed E-state index contributed by atoms with van der Waals surface area (Å²) in [4.78, 5) is 30.3. The summed E-state index contributed by atoms with van der Waals surface area (Å²) in [5.74, 6) is 0.00336. The number of rotatable bonds is 4. The molecule has 160 valence electrons. The van der Waals surface area contributed by atoms with Crippen molar-refractivity contribution in [2.45, 2.75) is 58.5 Å².